The summed E-state index contributed by atoms with van der Waals surface area (Å²) in [4.78, 5) is 23.1. The molecule has 0 atom stereocenters. The Hall–Kier alpha value is -4.29. The lowest BCUT2D eigenvalue weighted by atomic mass is 10.2. The summed E-state index contributed by atoms with van der Waals surface area (Å²) in [6.07, 6.45) is 2.93. The van der Waals surface area contributed by atoms with Gasteiger partial charge in [0.2, 0.25) is 12.1 Å². The van der Waals surface area contributed by atoms with Gasteiger partial charge in [0.1, 0.15) is 0 Å². The summed E-state index contributed by atoms with van der Waals surface area (Å²) in [5.41, 5.74) is 5.80. The molecule has 0 saturated heterocycles. The van der Waals surface area contributed by atoms with Gasteiger partial charge in [0, 0.05) is 46.3 Å². The first-order valence-corrected chi connectivity index (χ1v) is 9.77. The fourth-order valence-electron chi connectivity index (χ4n) is 2.30. The summed E-state index contributed by atoms with van der Waals surface area (Å²) in [5.74, 6) is -1.86. The van der Waals surface area contributed by atoms with Gasteiger partial charge in [-0.15, -0.1) is 4.99 Å². The van der Waals surface area contributed by atoms with Gasteiger partial charge in [0.05, 0.1) is 7.11 Å². The Balaban J connectivity index is 0. The summed E-state index contributed by atoms with van der Waals surface area (Å²) in [7, 11) is 6.11. The van der Waals surface area contributed by atoms with E-state index in [-0.39, 0.29) is 0 Å². The molecule has 0 saturated carbocycles. The topological polar surface area (TPSA) is 166 Å². The van der Waals surface area contributed by atoms with Crippen LogP contribution in [0.5, 0.6) is 0 Å². The smallest absolute Gasteiger partial charge is 0.311 e. The Morgan fingerprint density at radius 1 is 0.829 bits per heavy atom. The van der Waals surface area contributed by atoms with Crippen molar-refractivity contribution in [3.63, 3.8) is 0 Å². The first-order chi connectivity index (χ1) is 16.7. The van der Waals surface area contributed by atoms with Crippen LogP contribution in [-0.4, -0.2) is 46.3 Å². The number of methoxy groups -OCH3 is 4. The Labute approximate surface area is 205 Å². The Kier molecular flexibility index (Phi) is 19.1. The predicted octanol–water partition coefficient (Wildman–Crippen LogP) is 2.82. The molecule has 0 aliphatic heterocycles. The van der Waals surface area contributed by atoms with E-state index in [1.807, 2.05) is 60.7 Å². The van der Waals surface area contributed by atoms with E-state index in [0.717, 1.165) is 11.1 Å². The molecule has 2 N–H and O–H groups in total. The molecule has 11 nitrogen and oxygen atoms in total. The van der Waals surface area contributed by atoms with E-state index in [9.17, 15) is 9.59 Å². The highest BCUT2D eigenvalue weighted by Gasteiger charge is 2.31. The summed E-state index contributed by atoms with van der Waals surface area (Å²) < 4.78 is 24.4. The van der Waals surface area contributed by atoms with Crippen LogP contribution in [0.3, 0.4) is 0 Å². The van der Waals surface area contributed by atoms with Crippen molar-refractivity contribution in [3.05, 3.63) is 71.8 Å². The van der Waals surface area contributed by atoms with Gasteiger partial charge < -0.3 is 29.4 Å². The third-order valence-corrected chi connectivity index (χ3v) is 3.59. The maximum atomic E-state index is 9.81. The molecule has 0 heterocycles. The molecule has 0 radical (unpaired) electrons. The molecule has 0 aliphatic rings. The SMILES string of the molecule is CC(=O)OC(C)=O.COC(=NC#N)c1ccccc1.COC(OC)(OC)c1ccccc1.N#CN. The summed E-state index contributed by atoms with van der Waals surface area (Å²) in [5, 5.41) is 15.4. The quantitative estimate of drug-likeness (QED) is 0.126. The number of benzene rings is 2. The molecule has 0 aliphatic carbocycles. The number of hydrogen-bond acceptors (Lipinski definition) is 11. The van der Waals surface area contributed by atoms with Crippen molar-refractivity contribution >= 4 is 17.8 Å². The van der Waals surface area contributed by atoms with Gasteiger partial charge in [-0.1, -0.05) is 48.5 Å². The lowest BCUT2D eigenvalue weighted by molar-refractivity contribution is -0.364. The highest BCUT2D eigenvalue weighted by atomic mass is 16.9. The molecular formula is C24H30N4O7. The minimum absolute atomic E-state index is 0.345. The number of rotatable bonds is 5. The number of esters is 2. The molecule has 35 heavy (non-hydrogen) atoms. The summed E-state index contributed by atoms with van der Waals surface area (Å²) >= 11 is 0. The number of aliphatic imine (C=N–C) groups is 1. The molecule has 2 aromatic carbocycles. The molecule has 0 amide bonds. The van der Waals surface area contributed by atoms with E-state index in [1.165, 1.54) is 27.2 Å². The highest BCUT2D eigenvalue weighted by Crippen LogP contribution is 2.25. The van der Waals surface area contributed by atoms with Gasteiger partial charge in [-0.3, -0.25) is 9.59 Å². The molecule has 2 rings (SSSR count). The van der Waals surface area contributed by atoms with Crippen LogP contribution in [0.25, 0.3) is 0 Å². The molecule has 0 aromatic heterocycles. The molecular weight excluding hydrogens is 456 g/mol. The first kappa shape index (κ1) is 32.9. The van der Waals surface area contributed by atoms with Crippen molar-refractivity contribution in [3.8, 4) is 12.4 Å². The van der Waals surface area contributed by atoms with Crippen molar-refractivity contribution in [2.45, 2.75) is 19.8 Å². The largest absolute Gasteiger partial charge is 0.480 e. The van der Waals surface area contributed by atoms with Gasteiger partial charge in [-0.25, -0.2) is 0 Å². The molecule has 0 fully saturated rings. The van der Waals surface area contributed by atoms with Crippen molar-refractivity contribution in [2.24, 2.45) is 10.7 Å². The second-order valence-corrected chi connectivity index (χ2v) is 5.84. The number of carbonyl (C=O) groups is 2. The summed E-state index contributed by atoms with van der Waals surface area (Å²) in [6.45, 7) is 2.36. The maximum Gasteiger partial charge on any atom is 0.311 e. The second-order valence-electron chi connectivity index (χ2n) is 5.84. The first-order valence-electron chi connectivity index (χ1n) is 9.77. The average Bonchev–Trinajstić information content (AvgIpc) is 2.86. The van der Waals surface area contributed by atoms with Gasteiger partial charge in [-0.05, 0) is 12.1 Å². The molecule has 11 heteroatoms. The molecule has 0 unspecified atom stereocenters. The van der Waals surface area contributed by atoms with Crippen LogP contribution in [0.1, 0.15) is 25.0 Å². The van der Waals surface area contributed by atoms with E-state index in [0.29, 0.717) is 5.90 Å². The lowest BCUT2D eigenvalue weighted by Gasteiger charge is -2.28. The zero-order valence-corrected chi connectivity index (χ0v) is 20.6. The van der Waals surface area contributed by atoms with E-state index in [1.54, 1.807) is 27.5 Å². The average molecular weight is 487 g/mol. The number of ether oxygens (including phenoxy) is 5. The zero-order valence-electron chi connectivity index (χ0n) is 20.6. The van der Waals surface area contributed by atoms with Crippen LogP contribution >= 0.6 is 0 Å². The Bertz CT molecular complexity index is 945. The van der Waals surface area contributed by atoms with Crippen LogP contribution in [-0.2, 0) is 39.2 Å². The third-order valence-electron chi connectivity index (χ3n) is 3.59. The molecule has 0 spiro atoms. The fraction of sp³-hybridized carbons (Fsp3) is 0.292. The van der Waals surface area contributed by atoms with Gasteiger partial charge in [0.25, 0.3) is 0 Å². The normalized spacial score (nSPS) is 9.66. The molecule has 188 valence electrons. The Morgan fingerprint density at radius 2 is 1.23 bits per heavy atom. The number of nitrogens with two attached hydrogens (primary N) is 1. The molecule has 2 aromatic rings. The maximum absolute atomic E-state index is 9.81. The molecule has 0 bridgehead atoms. The monoisotopic (exact) mass is 486 g/mol. The van der Waals surface area contributed by atoms with E-state index in [4.69, 9.17) is 29.5 Å². The lowest BCUT2D eigenvalue weighted by Crippen LogP contribution is -2.32. The minimum atomic E-state index is -1.08. The Morgan fingerprint density at radius 3 is 1.51 bits per heavy atom. The van der Waals surface area contributed by atoms with Gasteiger partial charge >= 0.3 is 17.9 Å². The van der Waals surface area contributed by atoms with Crippen molar-refractivity contribution in [2.75, 3.05) is 28.4 Å². The van der Waals surface area contributed by atoms with Crippen LogP contribution < -0.4 is 5.73 Å². The van der Waals surface area contributed by atoms with Gasteiger partial charge in [0.15, 0.2) is 6.19 Å². The number of nitrogens with zero attached hydrogens (tertiary/aromatic N) is 3. The fourth-order valence-corrected chi connectivity index (χ4v) is 2.30. The standard InChI is InChI=1S/C10H14O3.C9H8N2O.C4H6O3.CH2N2/c1-11-10(12-2,13-3)9-7-5-4-6-8-9;1-12-9(11-7-10)8-5-3-2-4-6-8;1-3(5)7-4(2)6;2-1-3/h4-8H,1-3H3;2-6H,1H3;1-2H3;2H2. The number of carbonyl (C=O) groups excluding carboxylic acids is 2. The second kappa shape index (κ2) is 20.3. The van der Waals surface area contributed by atoms with Crippen LogP contribution in [0, 0.1) is 22.9 Å². The van der Waals surface area contributed by atoms with Crippen molar-refractivity contribution in [1.82, 2.24) is 0 Å². The van der Waals surface area contributed by atoms with Crippen LogP contribution in [0.4, 0.5) is 0 Å². The number of nitriles is 2. The summed E-state index contributed by atoms with van der Waals surface area (Å²) in [6, 6.07) is 18.8. The van der Waals surface area contributed by atoms with E-state index < -0.39 is 17.9 Å². The number of hydrogen-bond donors (Lipinski definition) is 1. The predicted molar refractivity (Wildman–Crippen MR) is 127 cm³/mol. The zero-order chi connectivity index (χ0) is 27.1. The third kappa shape index (κ3) is 14.5. The van der Waals surface area contributed by atoms with Crippen LogP contribution in [0.15, 0.2) is 65.7 Å². The van der Waals surface area contributed by atoms with E-state index >= 15 is 0 Å². The highest BCUT2D eigenvalue weighted by molar-refractivity contribution is 5.94. The van der Waals surface area contributed by atoms with Crippen molar-refractivity contribution in [1.29, 1.82) is 10.5 Å². The van der Waals surface area contributed by atoms with E-state index in [2.05, 4.69) is 15.5 Å². The van der Waals surface area contributed by atoms with Gasteiger partial charge in [-0.2, -0.15) is 10.5 Å². The minimum Gasteiger partial charge on any atom is -0.480 e. The van der Waals surface area contributed by atoms with Crippen molar-refractivity contribution < 1.29 is 33.3 Å². The van der Waals surface area contributed by atoms with Crippen LogP contribution in [0.2, 0.25) is 0 Å².